The van der Waals surface area contributed by atoms with Gasteiger partial charge >= 0.3 is 5.97 Å². The Balaban J connectivity index is 1.97. The van der Waals surface area contributed by atoms with E-state index in [2.05, 4.69) is 10.1 Å². The predicted molar refractivity (Wildman–Crippen MR) is 71.2 cm³/mol. The summed E-state index contributed by atoms with van der Waals surface area (Å²) in [5, 5.41) is 13.0. The molecule has 0 atom stereocenters. The van der Waals surface area contributed by atoms with E-state index in [0.717, 1.165) is 5.56 Å². The van der Waals surface area contributed by atoms with Crippen molar-refractivity contribution in [3.8, 4) is 11.6 Å². The first-order chi connectivity index (χ1) is 9.63. The summed E-state index contributed by atoms with van der Waals surface area (Å²) in [5.41, 5.74) is 1.68. The minimum atomic E-state index is -0.992. The fourth-order valence-electron chi connectivity index (χ4n) is 1.81. The SMILES string of the molecule is Cc1ccc(C(=O)O)cc1Oc1ccn2nccc2n1. The molecule has 3 rings (SSSR count). The number of aromatic nitrogens is 3. The summed E-state index contributed by atoms with van der Waals surface area (Å²) in [6.07, 6.45) is 3.37. The van der Waals surface area contributed by atoms with Gasteiger partial charge in [-0.2, -0.15) is 10.1 Å². The summed E-state index contributed by atoms with van der Waals surface area (Å²) in [6.45, 7) is 1.85. The number of rotatable bonds is 3. The molecular formula is C14H11N3O3. The molecule has 100 valence electrons. The number of fused-ring (bicyclic) bond motifs is 1. The molecule has 3 aromatic rings. The van der Waals surface area contributed by atoms with Crippen molar-refractivity contribution in [3.05, 3.63) is 53.9 Å². The fourth-order valence-corrected chi connectivity index (χ4v) is 1.81. The highest BCUT2D eigenvalue weighted by Crippen LogP contribution is 2.25. The van der Waals surface area contributed by atoms with E-state index in [1.807, 2.05) is 6.92 Å². The van der Waals surface area contributed by atoms with Crippen molar-refractivity contribution in [3.63, 3.8) is 0 Å². The molecule has 0 aliphatic heterocycles. The number of nitrogens with zero attached hydrogens (tertiary/aromatic N) is 3. The van der Waals surface area contributed by atoms with E-state index in [0.29, 0.717) is 17.3 Å². The second-order valence-electron chi connectivity index (χ2n) is 4.29. The lowest BCUT2D eigenvalue weighted by Crippen LogP contribution is -1.99. The average molecular weight is 269 g/mol. The van der Waals surface area contributed by atoms with Crippen LogP contribution in [-0.2, 0) is 0 Å². The number of benzene rings is 1. The smallest absolute Gasteiger partial charge is 0.335 e. The molecule has 0 saturated heterocycles. The van der Waals surface area contributed by atoms with E-state index in [1.54, 1.807) is 35.1 Å². The number of aryl methyl sites for hydroxylation is 1. The normalized spacial score (nSPS) is 10.7. The Morgan fingerprint density at radius 3 is 2.95 bits per heavy atom. The van der Waals surface area contributed by atoms with E-state index in [4.69, 9.17) is 9.84 Å². The number of ether oxygens (including phenoxy) is 1. The van der Waals surface area contributed by atoms with Crippen molar-refractivity contribution in [2.75, 3.05) is 0 Å². The van der Waals surface area contributed by atoms with Crippen LogP contribution in [0.2, 0.25) is 0 Å². The molecule has 0 amide bonds. The highest BCUT2D eigenvalue weighted by Gasteiger charge is 2.09. The van der Waals surface area contributed by atoms with Gasteiger partial charge in [0.25, 0.3) is 0 Å². The van der Waals surface area contributed by atoms with Gasteiger partial charge in [-0.25, -0.2) is 9.31 Å². The van der Waals surface area contributed by atoms with Gasteiger partial charge < -0.3 is 9.84 Å². The van der Waals surface area contributed by atoms with E-state index in [1.165, 1.54) is 12.1 Å². The Morgan fingerprint density at radius 1 is 1.30 bits per heavy atom. The molecule has 20 heavy (non-hydrogen) atoms. The molecule has 0 unspecified atom stereocenters. The maximum absolute atomic E-state index is 11.0. The van der Waals surface area contributed by atoms with Crippen molar-refractivity contribution in [1.29, 1.82) is 0 Å². The summed E-state index contributed by atoms with van der Waals surface area (Å²) in [7, 11) is 0. The van der Waals surface area contributed by atoms with Crippen LogP contribution < -0.4 is 4.74 Å². The van der Waals surface area contributed by atoms with E-state index < -0.39 is 5.97 Å². The Labute approximate surface area is 114 Å². The largest absolute Gasteiger partial charge is 0.478 e. The number of aromatic carboxylic acids is 1. The average Bonchev–Trinajstić information content (AvgIpc) is 2.88. The van der Waals surface area contributed by atoms with E-state index in [9.17, 15) is 4.79 Å². The molecule has 0 saturated carbocycles. The lowest BCUT2D eigenvalue weighted by molar-refractivity contribution is 0.0696. The number of hydrogen-bond acceptors (Lipinski definition) is 4. The summed E-state index contributed by atoms with van der Waals surface area (Å²) in [4.78, 5) is 15.3. The van der Waals surface area contributed by atoms with Crippen LogP contribution in [0.5, 0.6) is 11.6 Å². The maximum Gasteiger partial charge on any atom is 0.335 e. The van der Waals surface area contributed by atoms with Gasteiger partial charge in [0.1, 0.15) is 5.75 Å². The van der Waals surface area contributed by atoms with Crippen LogP contribution in [0.3, 0.4) is 0 Å². The van der Waals surface area contributed by atoms with Gasteiger partial charge in [-0.1, -0.05) is 6.07 Å². The first-order valence-electron chi connectivity index (χ1n) is 5.96. The van der Waals surface area contributed by atoms with Gasteiger partial charge in [0.05, 0.1) is 11.8 Å². The molecule has 0 aliphatic rings. The summed E-state index contributed by atoms with van der Waals surface area (Å²) >= 11 is 0. The monoisotopic (exact) mass is 269 g/mol. The highest BCUT2D eigenvalue weighted by molar-refractivity contribution is 5.88. The van der Waals surface area contributed by atoms with Gasteiger partial charge in [-0.15, -0.1) is 0 Å². The lowest BCUT2D eigenvalue weighted by Gasteiger charge is -2.08. The molecule has 2 heterocycles. The third-order valence-corrected chi connectivity index (χ3v) is 2.88. The number of carboxylic acids is 1. The van der Waals surface area contributed by atoms with Gasteiger partial charge in [-0.05, 0) is 24.6 Å². The molecule has 0 bridgehead atoms. The Bertz CT molecular complexity index is 795. The van der Waals surface area contributed by atoms with Crippen molar-refractivity contribution in [2.24, 2.45) is 0 Å². The summed E-state index contributed by atoms with van der Waals surface area (Å²) in [5.74, 6) is -0.126. The standard InChI is InChI=1S/C14H11N3O3/c1-9-2-3-10(14(18)19)8-11(9)20-13-5-7-17-12(16-13)4-6-15-17/h2-8H,1H3,(H,18,19). The fraction of sp³-hybridized carbons (Fsp3) is 0.0714. The zero-order chi connectivity index (χ0) is 14.1. The molecule has 0 aliphatic carbocycles. The molecule has 6 nitrogen and oxygen atoms in total. The van der Waals surface area contributed by atoms with Crippen molar-refractivity contribution >= 4 is 11.6 Å². The van der Waals surface area contributed by atoms with Crippen LogP contribution in [-0.4, -0.2) is 25.7 Å². The highest BCUT2D eigenvalue weighted by atomic mass is 16.5. The minimum Gasteiger partial charge on any atom is -0.478 e. The van der Waals surface area contributed by atoms with Crippen LogP contribution in [0.4, 0.5) is 0 Å². The van der Waals surface area contributed by atoms with Crippen LogP contribution >= 0.6 is 0 Å². The maximum atomic E-state index is 11.0. The summed E-state index contributed by atoms with van der Waals surface area (Å²) in [6, 6.07) is 8.16. The zero-order valence-corrected chi connectivity index (χ0v) is 10.6. The van der Waals surface area contributed by atoms with Crippen LogP contribution in [0.25, 0.3) is 5.65 Å². The van der Waals surface area contributed by atoms with Gasteiger partial charge in [0.15, 0.2) is 5.65 Å². The second kappa shape index (κ2) is 4.65. The van der Waals surface area contributed by atoms with Crippen molar-refractivity contribution < 1.29 is 14.6 Å². The molecule has 0 radical (unpaired) electrons. The molecule has 1 aromatic carbocycles. The van der Waals surface area contributed by atoms with E-state index in [-0.39, 0.29) is 5.56 Å². The zero-order valence-electron chi connectivity index (χ0n) is 10.6. The van der Waals surface area contributed by atoms with E-state index >= 15 is 0 Å². The number of hydrogen-bond donors (Lipinski definition) is 1. The van der Waals surface area contributed by atoms with Gasteiger partial charge in [-0.3, -0.25) is 0 Å². The topological polar surface area (TPSA) is 76.7 Å². The quantitative estimate of drug-likeness (QED) is 0.790. The van der Waals surface area contributed by atoms with Crippen molar-refractivity contribution in [2.45, 2.75) is 6.92 Å². The second-order valence-corrected chi connectivity index (χ2v) is 4.29. The molecule has 2 aromatic heterocycles. The number of carboxylic acid groups (broad SMARTS) is 1. The van der Waals surface area contributed by atoms with Crippen LogP contribution in [0.15, 0.2) is 42.7 Å². The van der Waals surface area contributed by atoms with Crippen LogP contribution in [0.1, 0.15) is 15.9 Å². The Morgan fingerprint density at radius 2 is 2.15 bits per heavy atom. The van der Waals surface area contributed by atoms with Crippen molar-refractivity contribution in [1.82, 2.24) is 14.6 Å². The molecule has 6 heteroatoms. The molecule has 1 N–H and O–H groups in total. The third kappa shape index (κ3) is 2.18. The lowest BCUT2D eigenvalue weighted by atomic mass is 10.1. The molecule has 0 spiro atoms. The molecular weight excluding hydrogens is 258 g/mol. The third-order valence-electron chi connectivity index (χ3n) is 2.88. The number of carbonyl (C=O) groups is 1. The van der Waals surface area contributed by atoms with Gasteiger partial charge in [0, 0.05) is 18.3 Å². The predicted octanol–water partition coefficient (Wildman–Crippen LogP) is 2.53. The first kappa shape index (κ1) is 12.2. The molecule has 0 fully saturated rings. The van der Waals surface area contributed by atoms with Gasteiger partial charge in [0.2, 0.25) is 5.88 Å². The Hall–Kier alpha value is -2.89. The van der Waals surface area contributed by atoms with Crippen LogP contribution in [0, 0.1) is 6.92 Å². The Kier molecular flexibility index (Phi) is 2.83. The first-order valence-corrected chi connectivity index (χ1v) is 5.96. The minimum absolute atomic E-state index is 0.177. The summed E-state index contributed by atoms with van der Waals surface area (Å²) < 4.78 is 7.28.